The summed E-state index contributed by atoms with van der Waals surface area (Å²) in [4.78, 5) is 13.4. The molecule has 2 heterocycles. The molecule has 0 atom stereocenters. The van der Waals surface area contributed by atoms with Crippen molar-refractivity contribution < 1.29 is 0 Å². The second-order valence-electron chi connectivity index (χ2n) is 6.08. The fourth-order valence-corrected chi connectivity index (χ4v) is 2.40. The number of rotatable bonds is 8. The highest BCUT2D eigenvalue weighted by Crippen LogP contribution is 2.04. The van der Waals surface area contributed by atoms with Gasteiger partial charge in [0.25, 0.3) is 0 Å². The lowest BCUT2D eigenvalue weighted by Crippen LogP contribution is -2.38. The molecule has 130 valence electrons. The predicted octanol–water partition coefficient (Wildman–Crippen LogP) is 2.23. The number of aromatic nitrogens is 3. The van der Waals surface area contributed by atoms with E-state index in [4.69, 9.17) is 0 Å². The first-order valence-electron chi connectivity index (χ1n) is 8.61. The zero-order valence-corrected chi connectivity index (χ0v) is 14.9. The van der Waals surface area contributed by atoms with Crippen molar-refractivity contribution in [2.75, 3.05) is 13.1 Å². The molecule has 0 spiro atoms. The van der Waals surface area contributed by atoms with E-state index in [1.807, 2.05) is 36.8 Å². The molecular weight excluding hydrogens is 300 g/mol. The minimum Gasteiger partial charge on any atom is -0.357 e. The highest BCUT2D eigenvalue weighted by molar-refractivity contribution is 5.79. The van der Waals surface area contributed by atoms with Crippen molar-refractivity contribution in [2.24, 2.45) is 10.9 Å². The van der Waals surface area contributed by atoms with E-state index in [-0.39, 0.29) is 0 Å². The van der Waals surface area contributed by atoms with E-state index in [9.17, 15) is 0 Å². The Morgan fingerprint density at radius 1 is 1.21 bits per heavy atom. The van der Waals surface area contributed by atoms with E-state index in [1.54, 1.807) is 0 Å². The molecule has 2 aromatic rings. The van der Waals surface area contributed by atoms with E-state index in [0.29, 0.717) is 12.5 Å². The van der Waals surface area contributed by atoms with Crippen LogP contribution in [0.5, 0.6) is 0 Å². The van der Waals surface area contributed by atoms with Crippen molar-refractivity contribution in [2.45, 2.75) is 40.3 Å². The molecule has 6 nitrogen and oxygen atoms in total. The summed E-state index contributed by atoms with van der Waals surface area (Å²) in [7, 11) is 0. The SMILES string of the molecule is CCNC(=NCc1nccn1CC(C)C)NCCc1ccccn1. The molecule has 0 aromatic carbocycles. The number of guanidine groups is 1. The van der Waals surface area contributed by atoms with Crippen LogP contribution in [0.15, 0.2) is 41.8 Å². The maximum absolute atomic E-state index is 4.65. The molecule has 0 saturated heterocycles. The number of hydrogen-bond donors (Lipinski definition) is 2. The molecule has 0 aliphatic heterocycles. The number of aliphatic imine (C=N–C) groups is 1. The van der Waals surface area contributed by atoms with E-state index in [2.05, 4.69) is 50.9 Å². The van der Waals surface area contributed by atoms with Gasteiger partial charge < -0.3 is 15.2 Å². The average molecular weight is 328 g/mol. The standard InChI is InChI=1S/C18H28N6/c1-4-19-18(22-10-8-16-7-5-6-9-20-16)23-13-17-21-11-12-24(17)14-15(2)3/h5-7,9,11-12,15H,4,8,10,13-14H2,1-3H3,(H2,19,22,23). The minimum atomic E-state index is 0.568. The van der Waals surface area contributed by atoms with Gasteiger partial charge in [0.05, 0.1) is 0 Å². The molecule has 0 aliphatic rings. The zero-order chi connectivity index (χ0) is 17.2. The molecule has 0 radical (unpaired) electrons. The summed E-state index contributed by atoms with van der Waals surface area (Å²) < 4.78 is 2.17. The Labute approximate surface area is 144 Å². The molecule has 0 aliphatic carbocycles. The summed E-state index contributed by atoms with van der Waals surface area (Å²) in [5, 5.41) is 6.63. The van der Waals surface area contributed by atoms with Crippen LogP contribution in [-0.4, -0.2) is 33.6 Å². The number of hydrogen-bond acceptors (Lipinski definition) is 3. The minimum absolute atomic E-state index is 0.568. The molecule has 6 heteroatoms. The van der Waals surface area contributed by atoms with Crippen molar-refractivity contribution >= 4 is 5.96 Å². The summed E-state index contributed by atoms with van der Waals surface area (Å²) in [5.74, 6) is 2.39. The first-order chi connectivity index (χ1) is 11.7. The molecule has 2 N–H and O–H groups in total. The summed E-state index contributed by atoms with van der Waals surface area (Å²) in [6.45, 7) is 9.63. The fraction of sp³-hybridized carbons (Fsp3) is 0.500. The lowest BCUT2D eigenvalue weighted by atomic mass is 10.2. The second kappa shape index (κ2) is 9.70. The van der Waals surface area contributed by atoms with Crippen LogP contribution in [-0.2, 0) is 19.5 Å². The molecule has 0 unspecified atom stereocenters. The molecule has 0 bridgehead atoms. The van der Waals surface area contributed by atoms with Crippen LogP contribution in [0.2, 0.25) is 0 Å². The lowest BCUT2D eigenvalue weighted by Gasteiger charge is -2.12. The van der Waals surface area contributed by atoms with Crippen molar-refractivity contribution in [3.63, 3.8) is 0 Å². The van der Waals surface area contributed by atoms with Crippen LogP contribution < -0.4 is 10.6 Å². The average Bonchev–Trinajstić information content (AvgIpc) is 3.00. The third-order valence-electron chi connectivity index (χ3n) is 3.49. The van der Waals surface area contributed by atoms with Gasteiger partial charge in [0.2, 0.25) is 0 Å². The monoisotopic (exact) mass is 328 g/mol. The van der Waals surface area contributed by atoms with Gasteiger partial charge in [0, 0.05) is 50.3 Å². The Balaban J connectivity index is 1.89. The maximum atomic E-state index is 4.65. The van der Waals surface area contributed by atoms with Gasteiger partial charge in [-0.2, -0.15) is 0 Å². The van der Waals surface area contributed by atoms with Gasteiger partial charge in [-0.25, -0.2) is 9.98 Å². The number of pyridine rings is 1. The second-order valence-corrected chi connectivity index (χ2v) is 6.08. The quantitative estimate of drug-likeness (QED) is 0.576. The number of imidazole rings is 1. The van der Waals surface area contributed by atoms with Crippen molar-refractivity contribution in [3.8, 4) is 0 Å². The zero-order valence-electron chi connectivity index (χ0n) is 14.9. The molecular formula is C18H28N6. The molecule has 0 saturated carbocycles. The molecule has 0 fully saturated rings. The molecule has 2 rings (SSSR count). The van der Waals surface area contributed by atoms with Crippen molar-refractivity contribution in [1.82, 2.24) is 25.2 Å². The maximum Gasteiger partial charge on any atom is 0.191 e. The first-order valence-corrected chi connectivity index (χ1v) is 8.61. The van der Waals surface area contributed by atoms with E-state index < -0.39 is 0 Å². The molecule has 0 amide bonds. The summed E-state index contributed by atoms with van der Waals surface area (Å²) in [6.07, 6.45) is 6.55. The summed E-state index contributed by atoms with van der Waals surface area (Å²) in [5.41, 5.74) is 1.08. The van der Waals surface area contributed by atoms with Crippen LogP contribution in [0, 0.1) is 5.92 Å². The Morgan fingerprint density at radius 3 is 2.79 bits per heavy atom. The van der Waals surface area contributed by atoms with Gasteiger partial charge >= 0.3 is 0 Å². The topological polar surface area (TPSA) is 67.1 Å². The normalized spacial score (nSPS) is 11.8. The van der Waals surface area contributed by atoms with Crippen LogP contribution in [0.3, 0.4) is 0 Å². The van der Waals surface area contributed by atoms with Crippen LogP contribution in [0.25, 0.3) is 0 Å². The van der Waals surface area contributed by atoms with Gasteiger partial charge in [0.15, 0.2) is 5.96 Å². The summed E-state index contributed by atoms with van der Waals surface area (Å²) in [6, 6.07) is 5.98. The smallest absolute Gasteiger partial charge is 0.191 e. The fourth-order valence-electron chi connectivity index (χ4n) is 2.40. The van der Waals surface area contributed by atoms with Gasteiger partial charge in [-0.3, -0.25) is 4.98 Å². The van der Waals surface area contributed by atoms with Crippen molar-refractivity contribution in [1.29, 1.82) is 0 Å². The van der Waals surface area contributed by atoms with Crippen LogP contribution in [0.4, 0.5) is 0 Å². The van der Waals surface area contributed by atoms with Gasteiger partial charge in [-0.15, -0.1) is 0 Å². The Hall–Kier alpha value is -2.37. The van der Waals surface area contributed by atoms with E-state index >= 15 is 0 Å². The van der Waals surface area contributed by atoms with Crippen LogP contribution >= 0.6 is 0 Å². The number of nitrogens with zero attached hydrogens (tertiary/aromatic N) is 4. The van der Waals surface area contributed by atoms with E-state index in [1.165, 1.54) is 0 Å². The van der Waals surface area contributed by atoms with Crippen molar-refractivity contribution in [3.05, 3.63) is 48.3 Å². The van der Waals surface area contributed by atoms with E-state index in [0.717, 1.165) is 43.5 Å². The first kappa shape index (κ1) is 18.0. The Kier molecular flexibility index (Phi) is 7.26. The third kappa shape index (κ3) is 6.02. The van der Waals surface area contributed by atoms with Gasteiger partial charge in [-0.1, -0.05) is 19.9 Å². The highest BCUT2D eigenvalue weighted by Gasteiger charge is 2.05. The third-order valence-corrected chi connectivity index (χ3v) is 3.49. The van der Waals surface area contributed by atoms with Crippen LogP contribution in [0.1, 0.15) is 32.3 Å². The predicted molar refractivity (Wildman–Crippen MR) is 97.8 cm³/mol. The van der Waals surface area contributed by atoms with Gasteiger partial charge in [0.1, 0.15) is 12.4 Å². The highest BCUT2D eigenvalue weighted by atomic mass is 15.2. The lowest BCUT2D eigenvalue weighted by molar-refractivity contribution is 0.507. The molecule has 24 heavy (non-hydrogen) atoms. The van der Waals surface area contributed by atoms with Gasteiger partial charge in [-0.05, 0) is 25.0 Å². The Morgan fingerprint density at radius 2 is 2.08 bits per heavy atom. The Bertz CT molecular complexity index is 617. The largest absolute Gasteiger partial charge is 0.357 e. The summed E-state index contributed by atoms with van der Waals surface area (Å²) >= 11 is 0. The molecule has 2 aromatic heterocycles. The number of nitrogens with one attached hydrogen (secondary N) is 2.